The van der Waals surface area contributed by atoms with Crippen molar-refractivity contribution in [3.63, 3.8) is 0 Å². The first-order chi connectivity index (χ1) is 13.4. The zero-order valence-corrected chi connectivity index (χ0v) is 16.8. The lowest BCUT2D eigenvalue weighted by Gasteiger charge is -2.22. The lowest BCUT2D eigenvalue weighted by molar-refractivity contribution is -0.136. The van der Waals surface area contributed by atoms with Gasteiger partial charge in [0.05, 0.1) is 23.5 Å². The summed E-state index contributed by atoms with van der Waals surface area (Å²) in [6.07, 6.45) is -0.315. The van der Waals surface area contributed by atoms with Crippen LogP contribution in [0.4, 0.5) is 5.69 Å². The Labute approximate surface area is 172 Å². The van der Waals surface area contributed by atoms with Gasteiger partial charge in [-0.05, 0) is 42.1 Å². The number of ketones is 1. The number of fused-ring (bicyclic) bond motifs is 1. The van der Waals surface area contributed by atoms with E-state index in [0.29, 0.717) is 27.7 Å². The maximum Gasteiger partial charge on any atom is 0.264 e. The topological polar surface area (TPSA) is 57.6 Å². The maximum absolute atomic E-state index is 13.3. The van der Waals surface area contributed by atoms with Crippen molar-refractivity contribution >= 4 is 40.3 Å². The van der Waals surface area contributed by atoms with E-state index in [1.807, 2.05) is 31.2 Å². The maximum atomic E-state index is 13.3. The minimum absolute atomic E-state index is 0.269. The first-order valence-electron chi connectivity index (χ1n) is 8.85. The number of hydrogen-bond acceptors (Lipinski definition) is 4. The molecule has 0 fully saturated rings. The predicted octanol–water partition coefficient (Wildman–Crippen LogP) is 4.72. The SMILES string of the molecule is Cc1ccc(CN2C(=O)C(O)(CC(=O)c3cccs3)c3cc(Cl)ccc32)cc1. The van der Waals surface area contributed by atoms with Crippen molar-refractivity contribution in [1.29, 1.82) is 0 Å². The van der Waals surface area contributed by atoms with E-state index >= 15 is 0 Å². The van der Waals surface area contributed by atoms with Crippen LogP contribution >= 0.6 is 22.9 Å². The van der Waals surface area contributed by atoms with Crippen molar-refractivity contribution in [2.45, 2.75) is 25.5 Å². The zero-order valence-electron chi connectivity index (χ0n) is 15.2. The van der Waals surface area contributed by atoms with Gasteiger partial charge in [0.1, 0.15) is 0 Å². The fraction of sp³-hybridized carbons (Fsp3) is 0.182. The van der Waals surface area contributed by atoms with E-state index in [-0.39, 0.29) is 12.2 Å². The highest BCUT2D eigenvalue weighted by molar-refractivity contribution is 7.12. The fourth-order valence-corrected chi connectivity index (χ4v) is 4.32. The summed E-state index contributed by atoms with van der Waals surface area (Å²) in [4.78, 5) is 28.0. The Morgan fingerprint density at radius 1 is 1.18 bits per heavy atom. The van der Waals surface area contributed by atoms with Gasteiger partial charge in [0.15, 0.2) is 11.4 Å². The standard InChI is InChI=1S/C22H18ClNO3S/c1-14-4-6-15(7-5-14)13-24-18-9-8-16(23)11-17(18)22(27,21(24)26)12-19(25)20-3-2-10-28-20/h2-11,27H,12-13H2,1H3. The first-order valence-corrected chi connectivity index (χ1v) is 10.1. The molecule has 4 rings (SSSR count). The predicted molar refractivity (Wildman–Crippen MR) is 111 cm³/mol. The van der Waals surface area contributed by atoms with Crippen LogP contribution in [-0.2, 0) is 16.9 Å². The minimum atomic E-state index is -1.92. The molecule has 0 bridgehead atoms. The number of aliphatic hydroxyl groups is 1. The van der Waals surface area contributed by atoms with E-state index in [9.17, 15) is 14.7 Å². The average molecular weight is 412 g/mol. The van der Waals surface area contributed by atoms with Gasteiger partial charge in [-0.3, -0.25) is 9.59 Å². The number of hydrogen-bond donors (Lipinski definition) is 1. The quantitative estimate of drug-likeness (QED) is 0.618. The molecule has 0 spiro atoms. The third-order valence-corrected chi connectivity index (χ3v) is 6.11. The second kappa shape index (κ2) is 7.17. The van der Waals surface area contributed by atoms with Crippen LogP contribution in [0.1, 0.15) is 32.8 Å². The highest BCUT2D eigenvalue weighted by atomic mass is 35.5. The van der Waals surface area contributed by atoms with Gasteiger partial charge in [0.2, 0.25) is 0 Å². The molecule has 0 saturated heterocycles. The number of rotatable bonds is 5. The van der Waals surface area contributed by atoms with Crippen molar-refractivity contribution in [2.75, 3.05) is 4.90 Å². The van der Waals surface area contributed by atoms with Gasteiger partial charge in [0.25, 0.3) is 5.91 Å². The van der Waals surface area contributed by atoms with Crippen LogP contribution in [0.2, 0.25) is 5.02 Å². The van der Waals surface area contributed by atoms with E-state index in [1.165, 1.54) is 16.2 Å². The zero-order chi connectivity index (χ0) is 19.9. The smallest absolute Gasteiger partial charge is 0.264 e. The first kappa shape index (κ1) is 18.9. The number of benzene rings is 2. The molecule has 1 amide bonds. The van der Waals surface area contributed by atoms with E-state index in [1.54, 1.807) is 35.7 Å². The summed E-state index contributed by atoms with van der Waals surface area (Å²) in [5.41, 5.74) is 1.10. The number of carbonyl (C=O) groups excluding carboxylic acids is 2. The number of carbonyl (C=O) groups is 2. The van der Waals surface area contributed by atoms with Crippen molar-refractivity contribution in [3.05, 3.63) is 86.6 Å². The number of thiophene rings is 1. The number of aryl methyl sites for hydroxylation is 1. The van der Waals surface area contributed by atoms with Crippen LogP contribution in [0.15, 0.2) is 60.0 Å². The van der Waals surface area contributed by atoms with E-state index in [2.05, 4.69) is 0 Å². The molecule has 1 aliphatic heterocycles. The van der Waals surface area contributed by atoms with Gasteiger partial charge >= 0.3 is 0 Å². The van der Waals surface area contributed by atoms with Gasteiger partial charge < -0.3 is 10.0 Å². The molecule has 1 unspecified atom stereocenters. The normalized spacial score (nSPS) is 18.4. The summed E-state index contributed by atoms with van der Waals surface area (Å²) in [7, 11) is 0. The number of anilines is 1. The lowest BCUT2D eigenvalue weighted by Crippen LogP contribution is -2.41. The van der Waals surface area contributed by atoms with E-state index in [4.69, 9.17) is 11.6 Å². The van der Waals surface area contributed by atoms with Gasteiger partial charge in [-0.15, -0.1) is 11.3 Å². The molecule has 142 valence electrons. The molecule has 3 aromatic rings. The van der Waals surface area contributed by atoms with Gasteiger partial charge in [-0.2, -0.15) is 0 Å². The van der Waals surface area contributed by atoms with Gasteiger partial charge in [-0.25, -0.2) is 0 Å². The molecule has 0 saturated carbocycles. The highest BCUT2D eigenvalue weighted by Gasteiger charge is 2.51. The van der Waals surface area contributed by atoms with Crippen LogP contribution in [0.25, 0.3) is 0 Å². The third-order valence-electron chi connectivity index (χ3n) is 4.97. The summed E-state index contributed by atoms with van der Waals surface area (Å²) in [6.45, 7) is 2.31. The number of amides is 1. The molecule has 1 aliphatic rings. The molecule has 1 atom stereocenters. The minimum Gasteiger partial charge on any atom is -0.375 e. The molecule has 1 aromatic heterocycles. The van der Waals surface area contributed by atoms with Crippen molar-refractivity contribution in [3.8, 4) is 0 Å². The number of Topliss-reactive ketones (excluding diaryl/α,β-unsaturated/α-hetero) is 1. The Hall–Kier alpha value is -2.47. The molecule has 28 heavy (non-hydrogen) atoms. The van der Waals surface area contributed by atoms with Crippen molar-refractivity contribution < 1.29 is 14.7 Å². The van der Waals surface area contributed by atoms with Gasteiger partial charge in [0, 0.05) is 10.6 Å². The Morgan fingerprint density at radius 3 is 2.61 bits per heavy atom. The lowest BCUT2D eigenvalue weighted by atomic mass is 9.89. The van der Waals surface area contributed by atoms with E-state index < -0.39 is 11.5 Å². The van der Waals surface area contributed by atoms with E-state index in [0.717, 1.165) is 11.1 Å². The van der Waals surface area contributed by atoms with Crippen LogP contribution in [-0.4, -0.2) is 16.8 Å². The monoisotopic (exact) mass is 411 g/mol. The molecule has 2 aromatic carbocycles. The second-order valence-electron chi connectivity index (χ2n) is 6.98. The van der Waals surface area contributed by atoms with Crippen LogP contribution in [0.5, 0.6) is 0 Å². The second-order valence-corrected chi connectivity index (χ2v) is 8.36. The molecular formula is C22H18ClNO3S. The molecule has 0 aliphatic carbocycles. The Bertz CT molecular complexity index is 1050. The molecule has 6 heteroatoms. The highest BCUT2D eigenvalue weighted by Crippen LogP contribution is 2.44. The summed E-state index contributed by atoms with van der Waals surface area (Å²) < 4.78 is 0. The van der Waals surface area contributed by atoms with Crippen molar-refractivity contribution in [2.24, 2.45) is 0 Å². The van der Waals surface area contributed by atoms with Crippen LogP contribution in [0.3, 0.4) is 0 Å². The molecule has 4 nitrogen and oxygen atoms in total. The van der Waals surface area contributed by atoms with Gasteiger partial charge in [-0.1, -0.05) is 47.5 Å². The summed E-state index contributed by atoms with van der Waals surface area (Å²) in [6, 6.07) is 16.3. The molecule has 1 N–H and O–H groups in total. The van der Waals surface area contributed by atoms with Crippen molar-refractivity contribution in [1.82, 2.24) is 0 Å². The number of halogens is 1. The fourth-order valence-electron chi connectivity index (χ4n) is 3.48. The average Bonchev–Trinajstić information content (AvgIpc) is 3.27. The Balaban J connectivity index is 1.72. The molecule has 2 heterocycles. The molecular weight excluding hydrogens is 394 g/mol. The van der Waals surface area contributed by atoms with Crippen LogP contribution < -0.4 is 4.90 Å². The Kier molecular flexibility index (Phi) is 4.83. The van der Waals surface area contributed by atoms with Crippen LogP contribution in [0, 0.1) is 6.92 Å². The summed E-state index contributed by atoms with van der Waals surface area (Å²) >= 11 is 7.43. The molecule has 0 radical (unpaired) electrons. The Morgan fingerprint density at radius 2 is 1.93 bits per heavy atom. The largest absolute Gasteiger partial charge is 0.375 e. The summed E-state index contributed by atoms with van der Waals surface area (Å²) in [5, 5.41) is 13.5. The third kappa shape index (κ3) is 3.26. The number of nitrogens with zero attached hydrogens (tertiary/aromatic N) is 1. The summed E-state index contributed by atoms with van der Waals surface area (Å²) in [5.74, 6) is -0.774.